The van der Waals surface area contributed by atoms with E-state index in [0.717, 1.165) is 6.07 Å². The molecule has 0 saturated heterocycles. The minimum Gasteiger partial charge on any atom is -0.490 e. The fourth-order valence-corrected chi connectivity index (χ4v) is 2.23. The first-order valence-electron chi connectivity index (χ1n) is 7.54. The third-order valence-electron chi connectivity index (χ3n) is 3.23. The van der Waals surface area contributed by atoms with Crippen LogP contribution in [0.1, 0.15) is 19.4 Å². The Morgan fingerprint density at radius 3 is 2.72 bits per heavy atom. The number of amides is 1. The molecule has 1 unspecified atom stereocenters. The Balaban J connectivity index is 2.12. The van der Waals surface area contributed by atoms with E-state index >= 15 is 0 Å². The van der Waals surface area contributed by atoms with Crippen molar-refractivity contribution in [3.05, 3.63) is 52.8 Å². The standard InChI is InChI=1S/C18H16ClFN2O3/c1-3-24-17-8-12(10-21)4-7-16(17)25-11(2)18(23)22-15-6-5-13(20)9-14(15)19/h4-9,11H,3H2,1-2H3,(H,22,23). The second kappa shape index (κ2) is 8.36. The van der Waals surface area contributed by atoms with Gasteiger partial charge in [0.2, 0.25) is 0 Å². The van der Waals surface area contributed by atoms with Crippen molar-refractivity contribution < 1.29 is 18.7 Å². The van der Waals surface area contributed by atoms with Crippen molar-refractivity contribution in [2.75, 3.05) is 11.9 Å². The normalized spacial score (nSPS) is 11.3. The van der Waals surface area contributed by atoms with Gasteiger partial charge in [-0.1, -0.05) is 11.6 Å². The van der Waals surface area contributed by atoms with Crippen molar-refractivity contribution in [3.63, 3.8) is 0 Å². The van der Waals surface area contributed by atoms with Gasteiger partial charge in [0.1, 0.15) is 5.82 Å². The third kappa shape index (κ3) is 4.85. The molecule has 0 aliphatic carbocycles. The van der Waals surface area contributed by atoms with Gasteiger partial charge >= 0.3 is 0 Å². The second-order valence-corrected chi connectivity index (χ2v) is 5.49. The van der Waals surface area contributed by atoms with E-state index in [2.05, 4.69) is 5.32 Å². The van der Waals surface area contributed by atoms with Gasteiger partial charge in [0, 0.05) is 6.07 Å². The minimum atomic E-state index is -0.867. The van der Waals surface area contributed by atoms with Crippen molar-refractivity contribution in [2.24, 2.45) is 0 Å². The topological polar surface area (TPSA) is 71.3 Å². The highest BCUT2D eigenvalue weighted by Gasteiger charge is 2.18. The van der Waals surface area contributed by atoms with Gasteiger partial charge in [-0.2, -0.15) is 5.26 Å². The van der Waals surface area contributed by atoms with E-state index in [1.54, 1.807) is 32.0 Å². The van der Waals surface area contributed by atoms with Crippen molar-refractivity contribution in [2.45, 2.75) is 20.0 Å². The van der Waals surface area contributed by atoms with Gasteiger partial charge in [0.15, 0.2) is 17.6 Å². The lowest BCUT2D eigenvalue weighted by molar-refractivity contribution is -0.122. The highest BCUT2D eigenvalue weighted by molar-refractivity contribution is 6.33. The quantitative estimate of drug-likeness (QED) is 0.837. The average Bonchev–Trinajstić information content (AvgIpc) is 2.59. The Morgan fingerprint density at radius 2 is 2.08 bits per heavy atom. The van der Waals surface area contributed by atoms with Crippen LogP contribution < -0.4 is 14.8 Å². The van der Waals surface area contributed by atoms with Crippen LogP contribution in [0.15, 0.2) is 36.4 Å². The lowest BCUT2D eigenvalue weighted by Gasteiger charge is -2.17. The first-order chi connectivity index (χ1) is 11.9. The number of halogens is 2. The number of hydrogen-bond acceptors (Lipinski definition) is 4. The molecule has 5 nitrogen and oxygen atoms in total. The number of nitrogens with one attached hydrogen (secondary N) is 1. The Labute approximate surface area is 149 Å². The Kier molecular flexibility index (Phi) is 6.20. The molecule has 0 radical (unpaired) electrons. The molecule has 2 rings (SSSR count). The zero-order valence-corrected chi connectivity index (χ0v) is 14.4. The summed E-state index contributed by atoms with van der Waals surface area (Å²) in [6.07, 6.45) is -0.867. The highest BCUT2D eigenvalue weighted by atomic mass is 35.5. The molecule has 0 spiro atoms. The molecular weight excluding hydrogens is 347 g/mol. The molecule has 7 heteroatoms. The van der Waals surface area contributed by atoms with E-state index in [0.29, 0.717) is 23.7 Å². The van der Waals surface area contributed by atoms with Crippen LogP contribution in [0.25, 0.3) is 0 Å². The third-order valence-corrected chi connectivity index (χ3v) is 3.55. The largest absolute Gasteiger partial charge is 0.490 e. The molecule has 1 atom stereocenters. The van der Waals surface area contributed by atoms with E-state index < -0.39 is 17.8 Å². The van der Waals surface area contributed by atoms with E-state index in [9.17, 15) is 9.18 Å². The van der Waals surface area contributed by atoms with Crippen molar-refractivity contribution in [1.29, 1.82) is 5.26 Å². The molecule has 0 aromatic heterocycles. The van der Waals surface area contributed by atoms with E-state index in [1.165, 1.54) is 12.1 Å². The van der Waals surface area contributed by atoms with Crippen LogP contribution in [-0.4, -0.2) is 18.6 Å². The van der Waals surface area contributed by atoms with Gasteiger partial charge in [-0.15, -0.1) is 0 Å². The van der Waals surface area contributed by atoms with Crippen LogP contribution in [0.4, 0.5) is 10.1 Å². The van der Waals surface area contributed by atoms with Gasteiger partial charge in [-0.05, 0) is 44.2 Å². The second-order valence-electron chi connectivity index (χ2n) is 5.08. The van der Waals surface area contributed by atoms with Crippen LogP contribution in [0.2, 0.25) is 5.02 Å². The molecule has 0 fully saturated rings. The number of rotatable bonds is 6. The van der Waals surface area contributed by atoms with E-state index in [4.69, 9.17) is 26.3 Å². The molecule has 1 N–H and O–H groups in total. The summed E-state index contributed by atoms with van der Waals surface area (Å²) in [5, 5.41) is 11.6. The maximum Gasteiger partial charge on any atom is 0.265 e. The summed E-state index contributed by atoms with van der Waals surface area (Å²) < 4.78 is 24.1. The maximum absolute atomic E-state index is 13.1. The summed E-state index contributed by atoms with van der Waals surface area (Å²) >= 11 is 5.89. The number of anilines is 1. The molecule has 25 heavy (non-hydrogen) atoms. The predicted octanol–water partition coefficient (Wildman–Crippen LogP) is 4.16. The lowest BCUT2D eigenvalue weighted by Crippen LogP contribution is -2.30. The molecule has 0 aliphatic rings. The number of carbonyl (C=O) groups is 1. The molecule has 2 aromatic rings. The van der Waals surface area contributed by atoms with Crippen molar-refractivity contribution in [3.8, 4) is 17.6 Å². The molecule has 0 heterocycles. The lowest BCUT2D eigenvalue weighted by atomic mass is 10.2. The fourth-order valence-electron chi connectivity index (χ4n) is 2.01. The monoisotopic (exact) mass is 362 g/mol. The molecular formula is C18H16ClFN2O3. The molecule has 0 aliphatic heterocycles. The zero-order valence-electron chi connectivity index (χ0n) is 13.7. The average molecular weight is 363 g/mol. The van der Waals surface area contributed by atoms with Crippen molar-refractivity contribution >= 4 is 23.2 Å². The number of hydrogen-bond donors (Lipinski definition) is 1. The smallest absolute Gasteiger partial charge is 0.265 e. The maximum atomic E-state index is 13.1. The van der Waals surface area contributed by atoms with Gasteiger partial charge in [0.05, 0.1) is 28.9 Å². The molecule has 1 amide bonds. The number of carbonyl (C=O) groups excluding carboxylic acids is 1. The summed E-state index contributed by atoms with van der Waals surface area (Å²) in [6.45, 7) is 3.74. The predicted molar refractivity (Wildman–Crippen MR) is 92.5 cm³/mol. The Hall–Kier alpha value is -2.78. The van der Waals surface area contributed by atoms with Crippen molar-refractivity contribution in [1.82, 2.24) is 0 Å². The summed E-state index contributed by atoms with van der Waals surface area (Å²) in [7, 11) is 0. The van der Waals surface area contributed by atoms with Crippen LogP contribution >= 0.6 is 11.6 Å². The zero-order chi connectivity index (χ0) is 18.4. The van der Waals surface area contributed by atoms with Crippen LogP contribution in [0, 0.1) is 17.1 Å². The Bertz CT molecular complexity index is 820. The summed E-state index contributed by atoms with van der Waals surface area (Å²) in [5.41, 5.74) is 0.708. The van der Waals surface area contributed by atoms with Gasteiger partial charge < -0.3 is 14.8 Å². The first-order valence-corrected chi connectivity index (χ1v) is 7.92. The molecule has 0 saturated carbocycles. The highest BCUT2D eigenvalue weighted by Crippen LogP contribution is 2.29. The first kappa shape index (κ1) is 18.6. The van der Waals surface area contributed by atoms with Crippen LogP contribution in [0.3, 0.4) is 0 Å². The van der Waals surface area contributed by atoms with Gasteiger partial charge in [-0.25, -0.2) is 4.39 Å². The molecule has 2 aromatic carbocycles. The number of nitrogens with zero attached hydrogens (tertiary/aromatic N) is 1. The summed E-state index contributed by atoms with van der Waals surface area (Å²) in [4.78, 5) is 12.3. The Morgan fingerprint density at radius 1 is 1.32 bits per heavy atom. The van der Waals surface area contributed by atoms with Gasteiger partial charge in [0.25, 0.3) is 5.91 Å². The number of ether oxygens (including phenoxy) is 2. The van der Waals surface area contributed by atoms with E-state index in [-0.39, 0.29) is 10.7 Å². The minimum absolute atomic E-state index is 0.0916. The molecule has 130 valence electrons. The fraction of sp³-hybridized carbons (Fsp3) is 0.222. The van der Waals surface area contributed by atoms with Gasteiger partial charge in [-0.3, -0.25) is 4.79 Å². The van der Waals surface area contributed by atoms with Crippen LogP contribution in [0.5, 0.6) is 11.5 Å². The number of nitriles is 1. The summed E-state index contributed by atoms with van der Waals surface area (Å²) in [5.74, 6) is -0.235. The SMILES string of the molecule is CCOc1cc(C#N)ccc1OC(C)C(=O)Nc1ccc(F)cc1Cl. The molecule has 0 bridgehead atoms. The van der Waals surface area contributed by atoms with E-state index in [1.807, 2.05) is 6.07 Å². The summed E-state index contributed by atoms with van der Waals surface area (Å²) in [6, 6.07) is 10.4. The number of benzene rings is 2. The van der Waals surface area contributed by atoms with Crippen LogP contribution in [-0.2, 0) is 4.79 Å².